The zero-order valence-electron chi connectivity index (χ0n) is 15.5. The maximum atomic E-state index is 13.1. The monoisotopic (exact) mass is 397 g/mol. The summed E-state index contributed by atoms with van der Waals surface area (Å²) in [6, 6.07) is 14.6. The minimum Gasteiger partial charge on any atom is -0.493 e. The standard InChI is InChI=1S/C20H19N3O4S/c1-26-17-10-6-9-14(18(17)27-2)20(24)21-19-15-11-28(25)12-16(15)22-23(19)13-7-4-3-5-8-13/h3-10H,11-12H2,1-2H3,(H,21,24)/t28-/m0/s1. The fraction of sp³-hybridized carbons (Fsp3) is 0.200. The normalized spacial score (nSPS) is 15.1. The Morgan fingerprint density at radius 3 is 2.57 bits per heavy atom. The number of fused-ring (bicyclic) bond motifs is 1. The van der Waals surface area contributed by atoms with Crippen LogP contribution >= 0.6 is 0 Å². The van der Waals surface area contributed by atoms with Gasteiger partial charge in [-0.15, -0.1) is 0 Å². The number of carbonyl (C=O) groups excluding carboxylic acids is 1. The summed E-state index contributed by atoms with van der Waals surface area (Å²) in [5.74, 6) is 1.76. The number of hydrogen-bond acceptors (Lipinski definition) is 5. The van der Waals surface area contributed by atoms with Crippen LogP contribution in [0.3, 0.4) is 0 Å². The summed E-state index contributed by atoms with van der Waals surface area (Å²) in [7, 11) is 2.00. The van der Waals surface area contributed by atoms with E-state index in [-0.39, 0.29) is 5.91 Å². The Kier molecular flexibility index (Phi) is 4.87. The maximum absolute atomic E-state index is 13.1. The molecule has 1 aliphatic rings. The quantitative estimate of drug-likeness (QED) is 0.716. The molecule has 28 heavy (non-hydrogen) atoms. The molecule has 0 unspecified atom stereocenters. The van der Waals surface area contributed by atoms with Crippen molar-refractivity contribution in [1.82, 2.24) is 9.78 Å². The largest absolute Gasteiger partial charge is 0.493 e. The molecule has 0 radical (unpaired) electrons. The number of carbonyl (C=O) groups is 1. The number of aromatic nitrogens is 2. The molecule has 1 N–H and O–H groups in total. The van der Waals surface area contributed by atoms with Gasteiger partial charge in [0.15, 0.2) is 11.5 Å². The zero-order valence-corrected chi connectivity index (χ0v) is 16.3. The SMILES string of the molecule is COc1cccc(C(=O)Nc2c3c(nn2-c2ccccc2)C[S@@](=O)C3)c1OC. The first kappa shape index (κ1) is 18.2. The van der Waals surface area contributed by atoms with Gasteiger partial charge in [-0.2, -0.15) is 5.10 Å². The second kappa shape index (κ2) is 7.47. The van der Waals surface area contributed by atoms with E-state index >= 15 is 0 Å². The van der Waals surface area contributed by atoms with Crippen molar-refractivity contribution >= 4 is 22.5 Å². The Hall–Kier alpha value is -3.13. The molecule has 0 saturated carbocycles. The Balaban J connectivity index is 1.76. The molecule has 0 aliphatic carbocycles. The predicted octanol–water partition coefficient (Wildman–Crippen LogP) is 2.90. The number of amides is 1. The maximum Gasteiger partial charge on any atom is 0.260 e. The van der Waals surface area contributed by atoms with Gasteiger partial charge in [0, 0.05) is 16.4 Å². The highest BCUT2D eigenvalue weighted by Gasteiger charge is 2.29. The van der Waals surface area contributed by atoms with Gasteiger partial charge in [0.05, 0.1) is 42.7 Å². The summed E-state index contributed by atoms with van der Waals surface area (Å²) in [6.45, 7) is 0. The first-order valence-electron chi connectivity index (χ1n) is 8.66. The van der Waals surface area contributed by atoms with Gasteiger partial charge in [-0.25, -0.2) is 4.68 Å². The lowest BCUT2D eigenvalue weighted by molar-refractivity contribution is 0.102. The highest BCUT2D eigenvalue weighted by molar-refractivity contribution is 7.83. The minimum absolute atomic E-state index is 0.343. The van der Waals surface area contributed by atoms with E-state index in [0.29, 0.717) is 34.4 Å². The number of benzene rings is 2. The molecule has 7 nitrogen and oxygen atoms in total. The van der Waals surface area contributed by atoms with E-state index in [0.717, 1.165) is 16.9 Å². The van der Waals surface area contributed by atoms with Crippen LogP contribution in [0.15, 0.2) is 48.5 Å². The molecule has 1 atom stereocenters. The summed E-state index contributed by atoms with van der Waals surface area (Å²) in [5, 5.41) is 7.53. The second-order valence-corrected chi connectivity index (χ2v) is 7.70. The van der Waals surface area contributed by atoms with Crippen molar-refractivity contribution in [2.45, 2.75) is 11.5 Å². The van der Waals surface area contributed by atoms with Crippen molar-refractivity contribution in [3.8, 4) is 17.2 Å². The van der Waals surface area contributed by atoms with Crippen LogP contribution in [0.4, 0.5) is 5.82 Å². The molecule has 1 aromatic heterocycles. The van der Waals surface area contributed by atoms with E-state index in [9.17, 15) is 9.00 Å². The highest BCUT2D eigenvalue weighted by Crippen LogP contribution is 2.34. The van der Waals surface area contributed by atoms with Gasteiger partial charge in [-0.05, 0) is 24.3 Å². The summed E-state index contributed by atoms with van der Waals surface area (Å²) >= 11 is 0. The first-order chi connectivity index (χ1) is 13.6. The molecule has 0 spiro atoms. The van der Waals surface area contributed by atoms with Gasteiger partial charge in [0.2, 0.25) is 0 Å². The number of nitrogens with one attached hydrogen (secondary N) is 1. The third kappa shape index (κ3) is 3.16. The van der Waals surface area contributed by atoms with Crippen molar-refractivity contribution in [1.29, 1.82) is 0 Å². The Labute approximate surface area is 164 Å². The lowest BCUT2D eigenvalue weighted by Crippen LogP contribution is -2.17. The van der Waals surface area contributed by atoms with Gasteiger partial charge in [0.1, 0.15) is 5.82 Å². The summed E-state index contributed by atoms with van der Waals surface area (Å²) in [6.07, 6.45) is 0. The lowest BCUT2D eigenvalue weighted by Gasteiger charge is -2.14. The summed E-state index contributed by atoms with van der Waals surface area (Å²) in [4.78, 5) is 13.1. The van der Waals surface area contributed by atoms with E-state index in [4.69, 9.17) is 9.47 Å². The molecule has 0 bridgehead atoms. The molecule has 0 saturated heterocycles. The summed E-state index contributed by atoms with van der Waals surface area (Å²) < 4.78 is 24.4. The fourth-order valence-electron chi connectivity index (χ4n) is 3.25. The predicted molar refractivity (Wildman–Crippen MR) is 107 cm³/mol. The average molecular weight is 397 g/mol. The smallest absolute Gasteiger partial charge is 0.260 e. The fourth-order valence-corrected chi connectivity index (χ4v) is 4.52. The second-order valence-electron chi connectivity index (χ2n) is 6.24. The van der Waals surface area contributed by atoms with E-state index < -0.39 is 10.8 Å². The lowest BCUT2D eigenvalue weighted by atomic mass is 10.1. The Morgan fingerprint density at radius 1 is 1.07 bits per heavy atom. The number of nitrogens with zero attached hydrogens (tertiary/aromatic N) is 2. The van der Waals surface area contributed by atoms with Gasteiger partial charge in [-0.3, -0.25) is 9.00 Å². The van der Waals surface area contributed by atoms with Crippen LogP contribution in [-0.2, 0) is 22.3 Å². The van der Waals surface area contributed by atoms with Gasteiger partial charge in [-0.1, -0.05) is 24.3 Å². The molecule has 4 rings (SSSR count). The molecule has 0 fully saturated rings. The highest BCUT2D eigenvalue weighted by atomic mass is 32.2. The van der Waals surface area contributed by atoms with Crippen molar-refractivity contribution in [2.75, 3.05) is 19.5 Å². The van der Waals surface area contributed by atoms with E-state index in [2.05, 4.69) is 10.4 Å². The van der Waals surface area contributed by atoms with Crippen LogP contribution in [0.25, 0.3) is 5.69 Å². The van der Waals surface area contributed by atoms with E-state index in [1.807, 2.05) is 30.3 Å². The number of hydrogen-bond donors (Lipinski definition) is 1. The molecular formula is C20H19N3O4S. The Bertz CT molecular complexity index is 1060. The molecule has 1 aliphatic heterocycles. The topological polar surface area (TPSA) is 82.5 Å². The zero-order chi connectivity index (χ0) is 19.7. The molecule has 1 amide bonds. The minimum atomic E-state index is -1.01. The van der Waals surface area contributed by atoms with Crippen molar-refractivity contribution in [3.05, 3.63) is 65.4 Å². The van der Waals surface area contributed by atoms with Crippen molar-refractivity contribution in [2.24, 2.45) is 0 Å². The van der Waals surface area contributed by atoms with E-state index in [1.54, 1.807) is 22.9 Å². The Morgan fingerprint density at radius 2 is 1.86 bits per heavy atom. The molecular weight excluding hydrogens is 378 g/mol. The van der Waals surface area contributed by atoms with Crippen LogP contribution in [0.2, 0.25) is 0 Å². The number of methoxy groups -OCH3 is 2. The molecule has 144 valence electrons. The van der Waals surface area contributed by atoms with Crippen LogP contribution in [0, 0.1) is 0 Å². The third-order valence-corrected chi connectivity index (χ3v) is 5.76. The third-order valence-electron chi connectivity index (χ3n) is 4.55. The average Bonchev–Trinajstić information content (AvgIpc) is 3.24. The van der Waals surface area contributed by atoms with Gasteiger partial charge < -0.3 is 14.8 Å². The number of ether oxygens (including phenoxy) is 2. The molecule has 3 aromatic rings. The van der Waals surface area contributed by atoms with Gasteiger partial charge >= 0.3 is 0 Å². The van der Waals surface area contributed by atoms with Crippen molar-refractivity contribution in [3.63, 3.8) is 0 Å². The summed E-state index contributed by atoms with van der Waals surface area (Å²) in [5.41, 5.74) is 2.71. The van der Waals surface area contributed by atoms with Crippen LogP contribution in [-0.4, -0.2) is 34.1 Å². The van der Waals surface area contributed by atoms with Crippen LogP contribution in [0.1, 0.15) is 21.6 Å². The number of rotatable bonds is 5. The molecule has 2 heterocycles. The van der Waals surface area contributed by atoms with Crippen LogP contribution in [0.5, 0.6) is 11.5 Å². The molecule has 8 heteroatoms. The van der Waals surface area contributed by atoms with E-state index in [1.165, 1.54) is 14.2 Å². The number of anilines is 1. The van der Waals surface area contributed by atoms with Crippen molar-refractivity contribution < 1.29 is 18.5 Å². The van der Waals surface area contributed by atoms with Gasteiger partial charge in [0.25, 0.3) is 5.91 Å². The molecule has 2 aromatic carbocycles. The van der Waals surface area contributed by atoms with Crippen LogP contribution < -0.4 is 14.8 Å². The first-order valence-corrected chi connectivity index (χ1v) is 10.1. The number of para-hydroxylation sites is 2.